The molecule has 11 heavy (non-hydrogen) atoms. The van der Waals surface area contributed by atoms with Gasteiger partial charge < -0.3 is 14.6 Å². The van der Waals surface area contributed by atoms with E-state index in [1.165, 1.54) is 0 Å². The zero-order chi connectivity index (χ0) is 8.74. The molecule has 0 fully saturated rings. The SMILES string of the molecule is COCCOC(C)(C)CCO. The summed E-state index contributed by atoms with van der Waals surface area (Å²) in [5, 5.41) is 8.65. The van der Waals surface area contributed by atoms with Gasteiger partial charge in [-0.3, -0.25) is 0 Å². The lowest BCUT2D eigenvalue weighted by molar-refractivity contribution is -0.0509. The Morgan fingerprint density at radius 3 is 2.36 bits per heavy atom. The maximum Gasteiger partial charge on any atom is 0.0707 e. The second kappa shape index (κ2) is 5.52. The first-order chi connectivity index (χ1) is 5.12. The monoisotopic (exact) mass is 162 g/mol. The van der Waals surface area contributed by atoms with Crippen LogP contribution in [-0.2, 0) is 9.47 Å². The van der Waals surface area contributed by atoms with Crippen molar-refractivity contribution in [2.75, 3.05) is 26.9 Å². The fraction of sp³-hybridized carbons (Fsp3) is 1.00. The smallest absolute Gasteiger partial charge is 0.0707 e. The third kappa shape index (κ3) is 6.28. The molecule has 0 aromatic heterocycles. The topological polar surface area (TPSA) is 38.7 Å². The quantitative estimate of drug-likeness (QED) is 0.587. The van der Waals surface area contributed by atoms with Gasteiger partial charge in [-0.1, -0.05) is 0 Å². The fourth-order valence-corrected chi connectivity index (χ4v) is 0.743. The third-order valence-corrected chi connectivity index (χ3v) is 1.49. The van der Waals surface area contributed by atoms with Crippen LogP contribution in [0.3, 0.4) is 0 Å². The van der Waals surface area contributed by atoms with Gasteiger partial charge in [0.05, 0.1) is 18.8 Å². The fourth-order valence-electron chi connectivity index (χ4n) is 0.743. The van der Waals surface area contributed by atoms with Crippen LogP contribution >= 0.6 is 0 Å². The van der Waals surface area contributed by atoms with Gasteiger partial charge in [0.25, 0.3) is 0 Å². The van der Waals surface area contributed by atoms with E-state index in [2.05, 4.69) is 0 Å². The van der Waals surface area contributed by atoms with Crippen LogP contribution in [0.2, 0.25) is 0 Å². The molecule has 0 aliphatic heterocycles. The van der Waals surface area contributed by atoms with Crippen molar-refractivity contribution in [1.29, 1.82) is 0 Å². The van der Waals surface area contributed by atoms with Crippen molar-refractivity contribution < 1.29 is 14.6 Å². The molecule has 0 amide bonds. The number of hydrogen-bond donors (Lipinski definition) is 1. The standard InChI is InChI=1S/C8H18O3/c1-8(2,4-5-9)11-7-6-10-3/h9H,4-7H2,1-3H3. The van der Waals surface area contributed by atoms with E-state index in [0.717, 1.165) is 0 Å². The average molecular weight is 162 g/mol. The predicted octanol–water partition coefficient (Wildman–Crippen LogP) is 0.810. The number of hydrogen-bond acceptors (Lipinski definition) is 3. The molecule has 0 aromatic carbocycles. The van der Waals surface area contributed by atoms with E-state index in [4.69, 9.17) is 14.6 Å². The van der Waals surface area contributed by atoms with E-state index >= 15 is 0 Å². The van der Waals surface area contributed by atoms with Crippen LogP contribution in [0, 0.1) is 0 Å². The molecule has 0 unspecified atom stereocenters. The highest BCUT2D eigenvalue weighted by Crippen LogP contribution is 2.12. The molecule has 0 aromatic rings. The van der Waals surface area contributed by atoms with E-state index in [1.807, 2.05) is 13.8 Å². The second-order valence-electron chi connectivity index (χ2n) is 3.07. The van der Waals surface area contributed by atoms with Gasteiger partial charge in [0, 0.05) is 13.7 Å². The summed E-state index contributed by atoms with van der Waals surface area (Å²) < 4.78 is 10.3. The van der Waals surface area contributed by atoms with Crippen molar-refractivity contribution in [3.63, 3.8) is 0 Å². The lowest BCUT2D eigenvalue weighted by Crippen LogP contribution is -2.27. The second-order valence-corrected chi connectivity index (χ2v) is 3.07. The zero-order valence-electron chi connectivity index (χ0n) is 7.59. The molecule has 0 saturated heterocycles. The maximum absolute atomic E-state index is 8.65. The Labute approximate surface area is 68.3 Å². The average Bonchev–Trinajstić information content (AvgIpc) is 1.87. The number of methoxy groups -OCH3 is 1. The first kappa shape index (κ1) is 10.9. The molecular formula is C8H18O3. The molecule has 0 atom stereocenters. The first-order valence-electron chi connectivity index (χ1n) is 3.86. The highest BCUT2D eigenvalue weighted by atomic mass is 16.5. The molecule has 0 aliphatic rings. The summed E-state index contributed by atoms with van der Waals surface area (Å²) >= 11 is 0. The molecule has 0 radical (unpaired) electrons. The third-order valence-electron chi connectivity index (χ3n) is 1.49. The first-order valence-corrected chi connectivity index (χ1v) is 3.86. The van der Waals surface area contributed by atoms with Crippen LogP contribution in [0.5, 0.6) is 0 Å². The van der Waals surface area contributed by atoms with Crippen LogP contribution in [0.15, 0.2) is 0 Å². The summed E-state index contributed by atoms with van der Waals surface area (Å²) in [6.07, 6.45) is 0.663. The Bertz CT molecular complexity index is 91.3. The molecule has 1 N–H and O–H groups in total. The summed E-state index contributed by atoms with van der Waals surface area (Å²) in [5.74, 6) is 0. The minimum atomic E-state index is -0.229. The summed E-state index contributed by atoms with van der Waals surface area (Å²) in [6, 6.07) is 0. The van der Waals surface area contributed by atoms with Crippen molar-refractivity contribution in [3.05, 3.63) is 0 Å². The highest BCUT2D eigenvalue weighted by molar-refractivity contribution is 4.66. The van der Waals surface area contributed by atoms with E-state index in [-0.39, 0.29) is 12.2 Å². The van der Waals surface area contributed by atoms with E-state index < -0.39 is 0 Å². The van der Waals surface area contributed by atoms with Gasteiger partial charge in [-0.05, 0) is 20.3 Å². The van der Waals surface area contributed by atoms with Crippen molar-refractivity contribution in [1.82, 2.24) is 0 Å². The molecule has 0 saturated carbocycles. The molecule has 0 spiro atoms. The Morgan fingerprint density at radius 2 is 1.91 bits per heavy atom. The van der Waals surface area contributed by atoms with E-state index in [9.17, 15) is 0 Å². The van der Waals surface area contributed by atoms with Crippen molar-refractivity contribution in [2.24, 2.45) is 0 Å². The van der Waals surface area contributed by atoms with Gasteiger partial charge in [-0.25, -0.2) is 0 Å². The molecule has 3 nitrogen and oxygen atoms in total. The summed E-state index contributed by atoms with van der Waals surface area (Å²) in [7, 11) is 1.64. The van der Waals surface area contributed by atoms with Gasteiger partial charge >= 0.3 is 0 Å². The van der Waals surface area contributed by atoms with Crippen LogP contribution < -0.4 is 0 Å². The number of aliphatic hydroxyl groups is 1. The van der Waals surface area contributed by atoms with Crippen LogP contribution in [0.25, 0.3) is 0 Å². The lowest BCUT2D eigenvalue weighted by Gasteiger charge is -2.23. The summed E-state index contributed by atoms with van der Waals surface area (Å²) in [5.41, 5.74) is -0.229. The van der Waals surface area contributed by atoms with E-state index in [1.54, 1.807) is 7.11 Å². The van der Waals surface area contributed by atoms with Gasteiger partial charge in [0.15, 0.2) is 0 Å². The molecule has 0 heterocycles. The summed E-state index contributed by atoms with van der Waals surface area (Å²) in [6.45, 7) is 5.27. The van der Waals surface area contributed by atoms with Gasteiger partial charge in [-0.2, -0.15) is 0 Å². The van der Waals surface area contributed by atoms with Crippen LogP contribution in [-0.4, -0.2) is 37.6 Å². The van der Waals surface area contributed by atoms with E-state index in [0.29, 0.717) is 19.6 Å². The lowest BCUT2D eigenvalue weighted by atomic mass is 10.1. The minimum absolute atomic E-state index is 0.167. The minimum Gasteiger partial charge on any atom is -0.396 e. The Morgan fingerprint density at radius 1 is 1.27 bits per heavy atom. The normalized spacial score (nSPS) is 12.0. The largest absolute Gasteiger partial charge is 0.396 e. The van der Waals surface area contributed by atoms with Crippen LogP contribution in [0.4, 0.5) is 0 Å². The number of rotatable bonds is 6. The maximum atomic E-state index is 8.65. The number of aliphatic hydroxyl groups excluding tert-OH is 1. The predicted molar refractivity (Wildman–Crippen MR) is 43.6 cm³/mol. The van der Waals surface area contributed by atoms with Gasteiger partial charge in [-0.15, -0.1) is 0 Å². The van der Waals surface area contributed by atoms with Crippen molar-refractivity contribution >= 4 is 0 Å². The molecule has 3 heteroatoms. The molecule has 68 valence electrons. The Balaban J connectivity index is 3.38. The Kier molecular flexibility index (Phi) is 5.46. The van der Waals surface area contributed by atoms with Crippen LogP contribution in [0.1, 0.15) is 20.3 Å². The summed E-state index contributed by atoms with van der Waals surface area (Å²) in [4.78, 5) is 0. The van der Waals surface area contributed by atoms with Gasteiger partial charge in [0.1, 0.15) is 0 Å². The zero-order valence-corrected chi connectivity index (χ0v) is 7.59. The molecular weight excluding hydrogens is 144 g/mol. The molecule has 0 aliphatic carbocycles. The molecule has 0 rings (SSSR count). The van der Waals surface area contributed by atoms with Crippen molar-refractivity contribution in [2.45, 2.75) is 25.9 Å². The molecule has 0 bridgehead atoms. The van der Waals surface area contributed by atoms with Crippen molar-refractivity contribution in [3.8, 4) is 0 Å². The van der Waals surface area contributed by atoms with Gasteiger partial charge in [0.2, 0.25) is 0 Å². The Hall–Kier alpha value is -0.120. The highest BCUT2D eigenvalue weighted by Gasteiger charge is 2.16. The number of ether oxygens (including phenoxy) is 2.